The predicted octanol–water partition coefficient (Wildman–Crippen LogP) is 8.20. The second kappa shape index (κ2) is 15.2. The molecular weight excluding hydrogens is 709 g/mol. The molecule has 0 N–H and O–H groups in total. The fourth-order valence-corrected chi connectivity index (χ4v) is 8.72. The molecule has 3 aliphatic rings. The van der Waals surface area contributed by atoms with Gasteiger partial charge in [0.25, 0.3) is 0 Å². The molecule has 14 heteroatoms. The maximum Gasteiger partial charge on any atom is 0.301 e. The van der Waals surface area contributed by atoms with Gasteiger partial charge in [0.1, 0.15) is 41.4 Å². The molecule has 1 unspecified atom stereocenters. The summed E-state index contributed by atoms with van der Waals surface area (Å²) in [5, 5.41) is 0.345. The number of benzene rings is 1. The number of aryl methyl sites for hydroxylation is 1. The highest BCUT2D eigenvalue weighted by Gasteiger charge is 2.52. The minimum absolute atomic E-state index is 0.0668. The molecule has 0 radical (unpaired) electrons. The van der Waals surface area contributed by atoms with Crippen molar-refractivity contribution in [1.29, 1.82) is 0 Å². The first-order valence-corrected chi connectivity index (χ1v) is 24.9. The van der Waals surface area contributed by atoms with Gasteiger partial charge >= 0.3 is 6.01 Å². The van der Waals surface area contributed by atoms with Crippen molar-refractivity contribution < 1.29 is 37.2 Å². The molecule has 0 bridgehead atoms. The monoisotopic (exact) mass is 761 g/mol. The summed E-state index contributed by atoms with van der Waals surface area (Å²) >= 11 is 6.76. The molecular formula is C37H53ClFN3O7Si2. The summed E-state index contributed by atoms with van der Waals surface area (Å²) in [6, 6.07) is 6.56. The highest BCUT2D eigenvalue weighted by Crippen LogP contribution is 2.42. The minimum Gasteiger partial charge on any atom is -0.468 e. The normalized spacial score (nSPS) is 23.8. The van der Waals surface area contributed by atoms with Crippen molar-refractivity contribution in [3.05, 3.63) is 51.8 Å². The van der Waals surface area contributed by atoms with Crippen molar-refractivity contribution in [1.82, 2.24) is 14.5 Å². The highest BCUT2D eigenvalue weighted by atomic mass is 35.5. The van der Waals surface area contributed by atoms with E-state index in [0.29, 0.717) is 62.0 Å². The van der Waals surface area contributed by atoms with Gasteiger partial charge in [0.15, 0.2) is 20.1 Å². The Morgan fingerprint density at radius 1 is 1.02 bits per heavy atom. The fraction of sp³-hybridized carbons (Fsp3) is 0.622. The van der Waals surface area contributed by atoms with Crippen molar-refractivity contribution in [2.75, 3.05) is 33.5 Å². The maximum absolute atomic E-state index is 15.5. The van der Waals surface area contributed by atoms with Crippen LogP contribution in [-0.4, -0.2) is 88.9 Å². The summed E-state index contributed by atoms with van der Waals surface area (Å²) in [5.41, 5.74) is 3.26. The predicted molar refractivity (Wildman–Crippen MR) is 202 cm³/mol. The van der Waals surface area contributed by atoms with Gasteiger partial charge in [-0.05, 0) is 60.3 Å². The van der Waals surface area contributed by atoms with E-state index >= 15 is 4.39 Å². The number of nitrogens with zero attached hydrogens (tertiary/aromatic N) is 3. The van der Waals surface area contributed by atoms with E-state index in [0.717, 1.165) is 17.2 Å². The van der Waals surface area contributed by atoms with E-state index in [1.807, 2.05) is 18.2 Å². The van der Waals surface area contributed by atoms with Crippen LogP contribution in [0.2, 0.25) is 48.8 Å². The lowest BCUT2D eigenvalue weighted by Crippen LogP contribution is -2.47. The van der Waals surface area contributed by atoms with Crippen LogP contribution in [0, 0.1) is 5.82 Å². The molecule has 3 aromatic rings. The summed E-state index contributed by atoms with van der Waals surface area (Å²) in [5.74, 6) is -0.113. The van der Waals surface area contributed by atoms with Gasteiger partial charge in [-0.1, -0.05) is 70.2 Å². The second-order valence-corrected chi connectivity index (χ2v) is 27.3. The average Bonchev–Trinajstić information content (AvgIpc) is 3.80. The molecule has 280 valence electrons. The Morgan fingerprint density at radius 2 is 1.75 bits per heavy atom. The Balaban J connectivity index is 1.24. The molecule has 6 rings (SSSR count). The number of halogens is 2. The number of aromatic nitrogens is 3. The number of rotatable bonds is 14. The fourth-order valence-electron chi connectivity index (χ4n) is 6.46. The summed E-state index contributed by atoms with van der Waals surface area (Å²) in [4.78, 5) is 9.65. The molecule has 1 aromatic carbocycles. The van der Waals surface area contributed by atoms with Gasteiger partial charge in [-0.3, -0.25) is 4.57 Å². The largest absolute Gasteiger partial charge is 0.468 e. The lowest BCUT2D eigenvalue weighted by Gasteiger charge is -2.39. The smallest absolute Gasteiger partial charge is 0.301 e. The Hall–Kier alpha value is -2.37. The van der Waals surface area contributed by atoms with Gasteiger partial charge in [0.2, 0.25) is 5.88 Å². The van der Waals surface area contributed by atoms with Crippen molar-refractivity contribution >= 4 is 45.2 Å². The van der Waals surface area contributed by atoms with Crippen LogP contribution < -0.4 is 9.47 Å². The Labute approximate surface area is 308 Å². The van der Waals surface area contributed by atoms with Crippen molar-refractivity contribution in [2.45, 2.75) is 115 Å². The van der Waals surface area contributed by atoms with E-state index in [9.17, 15) is 0 Å². The van der Waals surface area contributed by atoms with E-state index in [2.05, 4.69) is 53.5 Å². The standard InChI is InChI=1S/C37H53ClFN3O7Si2/c1-37(2,3)51(8,9)49-30-21-46-32-29(20-45-33(30)32)48-36-40-27-19-25(38)35(41-34(27)42(36)22-44-15-16-50(5,6)7)47-28-13-12-24-17-23(11-10-14-43-4)18-26(39)31(24)28/h10-11,17-19,28-30,32-33H,12-16,20-22H2,1-9H3/b11-10+/t28?,29-,30-,32-,33-/m1/s1. The topological polar surface area (TPSA) is 95.3 Å². The SMILES string of the molecule is COC/C=C/c1cc(F)c2c(c1)CCC2Oc1nc2c(cc1Cl)nc(O[C@@H]1CO[C@H]3[C@@H]1OC[C@H]3O[Si](C)(C)C(C)(C)C)n2COCC[Si](C)(C)C. The van der Waals surface area contributed by atoms with E-state index in [1.54, 1.807) is 17.7 Å². The van der Waals surface area contributed by atoms with Gasteiger partial charge in [-0.25, -0.2) is 4.39 Å². The molecule has 0 saturated carbocycles. The average molecular weight is 762 g/mol. The quantitative estimate of drug-likeness (QED) is 0.119. The number of hydrogen-bond donors (Lipinski definition) is 0. The summed E-state index contributed by atoms with van der Waals surface area (Å²) in [6.45, 7) is 20.1. The number of imidazole rings is 1. The van der Waals surface area contributed by atoms with Gasteiger partial charge in [-0.15, -0.1) is 0 Å². The van der Waals surface area contributed by atoms with Gasteiger partial charge < -0.3 is 32.8 Å². The molecule has 2 fully saturated rings. The zero-order valence-electron chi connectivity index (χ0n) is 31.4. The molecule has 51 heavy (non-hydrogen) atoms. The van der Waals surface area contributed by atoms with Gasteiger partial charge in [0, 0.05) is 27.4 Å². The van der Waals surface area contributed by atoms with E-state index < -0.39 is 28.6 Å². The van der Waals surface area contributed by atoms with Crippen LogP contribution in [0.3, 0.4) is 0 Å². The van der Waals surface area contributed by atoms with Gasteiger partial charge in [-0.2, -0.15) is 9.97 Å². The van der Waals surface area contributed by atoms with Gasteiger partial charge in [0.05, 0.1) is 25.9 Å². The molecule has 10 nitrogen and oxygen atoms in total. The Kier molecular flexibility index (Phi) is 11.4. The lowest BCUT2D eigenvalue weighted by molar-refractivity contribution is 0.00686. The number of hydrogen-bond acceptors (Lipinski definition) is 9. The first kappa shape index (κ1) is 38.4. The van der Waals surface area contributed by atoms with E-state index in [4.69, 9.17) is 54.4 Å². The zero-order chi connectivity index (χ0) is 36.7. The highest BCUT2D eigenvalue weighted by molar-refractivity contribution is 6.76. The third-order valence-corrected chi connectivity index (χ3v) is 16.8. The first-order valence-electron chi connectivity index (χ1n) is 17.9. The number of methoxy groups -OCH3 is 1. The molecule has 0 spiro atoms. The number of ether oxygens (including phenoxy) is 6. The molecule has 5 atom stereocenters. The number of fused-ring (bicyclic) bond motifs is 3. The van der Waals surface area contributed by atoms with Crippen LogP contribution in [0.15, 0.2) is 24.3 Å². The van der Waals surface area contributed by atoms with Crippen molar-refractivity contribution in [3.63, 3.8) is 0 Å². The molecule has 4 heterocycles. The van der Waals surface area contributed by atoms with Crippen LogP contribution >= 0.6 is 11.6 Å². The van der Waals surface area contributed by atoms with Crippen LogP contribution in [0.5, 0.6) is 11.9 Å². The summed E-state index contributed by atoms with van der Waals surface area (Å²) in [7, 11) is -1.74. The van der Waals surface area contributed by atoms with Crippen LogP contribution in [0.4, 0.5) is 4.39 Å². The molecule has 2 aliphatic heterocycles. The zero-order valence-corrected chi connectivity index (χ0v) is 34.1. The first-order chi connectivity index (χ1) is 24.0. The summed E-state index contributed by atoms with van der Waals surface area (Å²) < 4.78 is 60.7. The van der Waals surface area contributed by atoms with Crippen molar-refractivity contribution in [2.24, 2.45) is 0 Å². The maximum atomic E-state index is 15.5. The minimum atomic E-state index is -2.04. The van der Waals surface area contributed by atoms with E-state index in [-0.39, 0.29) is 46.8 Å². The number of pyridine rings is 1. The third-order valence-electron chi connectivity index (χ3n) is 10.4. The Bertz CT molecular complexity index is 1740. The van der Waals surface area contributed by atoms with Crippen LogP contribution in [0.1, 0.15) is 50.0 Å². The Morgan fingerprint density at radius 3 is 2.45 bits per heavy atom. The van der Waals surface area contributed by atoms with Crippen molar-refractivity contribution in [3.8, 4) is 11.9 Å². The second-order valence-electron chi connectivity index (χ2n) is 16.5. The van der Waals surface area contributed by atoms with Crippen LogP contribution in [0.25, 0.3) is 17.2 Å². The molecule has 0 amide bonds. The third kappa shape index (κ3) is 8.56. The lowest BCUT2D eigenvalue weighted by atomic mass is 10.0. The van der Waals surface area contributed by atoms with Crippen LogP contribution in [-0.2, 0) is 36.5 Å². The molecule has 2 saturated heterocycles. The molecule has 1 aliphatic carbocycles. The molecule has 2 aromatic heterocycles. The van der Waals surface area contributed by atoms with E-state index in [1.165, 1.54) is 6.07 Å². The summed E-state index contributed by atoms with van der Waals surface area (Å²) in [6.07, 6.45) is 3.38.